The lowest BCUT2D eigenvalue weighted by Gasteiger charge is -2.16. The van der Waals surface area contributed by atoms with E-state index in [1.54, 1.807) is 18.2 Å². The van der Waals surface area contributed by atoms with Gasteiger partial charge in [0.15, 0.2) is 0 Å². The van der Waals surface area contributed by atoms with Gasteiger partial charge in [-0.25, -0.2) is 18.7 Å². The number of ether oxygens (including phenoxy) is 1. The molecule has 2 heterocycles. The van der Waals surface area contributed by atoms with Crippen LogP contribution < -0.4 is 4.74 Å². The summed E-state index contributed by atoms with van der Waals surface area (Å²) in [5, 5.41) is 0.349. The first-order chi connectivity index (χ1) is 16.8. The summed E-state index contributed by atoms with van der Waals surface area (Å²) in [6.45, 7) is -0.248. The predicted octanol–water partition coefficient (Wildman–Crippen LogP) is 7.43. The van der Waals surface area contributed by atoms with Crippen LogP contribution in [0.3, 0.4) is 0 Å². The molecule has 0 atom stereocenters. The van der Waals surface area contributed by atoms with Gasteiger partial charge in [-0.1, -0.05) is 12.1 Å². The summed E-state index contributed by atoms with van der Waals surface area (Å²) in [6, 6.07) is 14.7. The van der Waals surface area contributed by atoms with Crippen LogP contribution >= 0.6 is 0 Å². The molecule has 9 heteroatoms. The van der Waals surface area contributed by atoms with E-state index in [0.717, 1.165) is 12.4 Å². The van der Waals surface area contributed by atoms with Crippen LogP contribution in [0, 0.1) is 11.6 Å². The lowest BCUT2D eigenvalue weighted by molar-refractivity contribution is -0.139. The van der Waals surface area contributed by atoms with Crippen LogP contribution in [0.4, 0.5) is 22.0 Å². The number of hydrogen-bond donors (Lipinski definition) is 0. The van der Waals surface area contributed by atoms with Crippen molar-refractivity contribution in [2.45, 2.75) is 12.8 Å². The maximum Gasteiger partial charge on any atom is 0.419 e. The zero-order chi connectivity index (χ0) is 24.6. The average Bonchev–Trinajstić information content (AvgIpc) is 3.36. The zero-order valence-electron chi connectivity index (χ0n) is 17.8. The van der Waals surface area contributed by atoms with Gasteiger partial charge in [-0.3, -0.25) is 0 Å². The van der Waals surface area contributed by atoms with Crippen molar-refractivity contribution in [3.8, 4) is 28.3 Å². The van der Waals surface area contributed by atoms with Crippen LogP contribution in [-0.4, -0.2) is 9.97 Å². The van der Waals surface area contributed by atoms with Gasteiger partial charge < -0.3 is 9.15 Å². The molecular weight excluding hydrogens is 467 g/mol. The molecular formula is C26H15F5N2O2. The van der Waals surface area contributed by atoms with Crippen LogP contribution in [-0.2, 0) is 12.8 Å². The van der Waals surface area contributed by atoms with Gasteiger partial charge in [0.25, 0.3) is 0 Å². The molecule has 0 aliphatic carbocycles. The third-order valence-corrected chi connectivity index (χ3v) is 5.35. The maximum absolute atomic E-state index is 14.6. The Morgan fingerprint density at radius 3 is 2.49 bits per heavy atom. The maximum atomic E-state index is 14.6. The minimum absolute atomic E-state index is 0.129. The second kappa shape index (κ2) is 8.83. The highest BCUT2D eigenvalue weighted by atomic mass is 19.4. The normalized spacial score (nSPS) is 11.7. The smallest absolute Gasteiger partial charge is 0.419 e. The molecule has 5 rings (SSSR count). The van der Waals surface area contributed by atoms with E-state index in [-0.39, 0.29) is 34.7 Å². The Balaban J connectivity index is 1.58. The first kappa shape index (κ1) is 22.5. The van der Waals surface area contributed by atoms with E-state index >= 15 is 0 Å². The highest BCUT2D eigenvalue weighted by Crippen LogP contribution is 2.40. The molecule has 2 aromatic heterocycles. The van der Waals surface area contributed by atoms with Crippen molar-refractivity contribution in [1.82, 2.24) is 9.97 Å². The SMILES string of the molecule is Fc1cccc(COc2ccc(-c3ncnc4cc(F)c(-c5ccco5)cc34)cc2C(F)(F)F)c1. The Bertz CT molecular complexity index is 1510. The minimum Gasteiger partial charge on any atom is -0.488 e. The number of nitrogens with zero attached hydrogens (tertiary/aromatic N) is 2. The molecule has 35 heavy (non-hydrogen) atoms. The van der Waals surface area contributed by atoms with Crippen molar-refractivity contribution in [2.24, 2.45) is 0 Å². The first-order valence-corrected chi connectivity index (χ1v) is 10.4. The highest BCUT2D eigenvalue weighted by Gasteiger charge is 2.35. The van der Waals surface area contributed by atoms with Gasteiger partial charge in [-0.05, 0) is 54.1 Å². The Kier molecular flexibility index (Phi) is 5.68. The molecule has 0 fully saturated rings. The Morgan fingerprint density at radius 2 is 1.74 bits per heavy atom. The summed E-state index contributed by atoms with van der Waals surface area (Å²) < 4.78 is 80.4. The fourth-order valence-corrected chi connectivity index (χ4v) is 3.74. The van der Waals surface area contributed by atoms with Crippen LogP contribution in [0.25, 0.3) is 33.5 Å². The molecule has 3 aromatic carbocycles. The van der Waals surface area contributed by atoms with Crippen LogP contribution in [0.15, 0.2) is 83.7 Å². The Labute approximate surface area is 195 Å². The van der Waals surface area contributed by atoms with E-state index in [1.165, 1.54) is 48.7 Å². The van der Waals surface area contributed by atoms with E-state index in [1.807, 2.05) is 0 Å². The zero-order valence-corrected chi connectivity index (χ0v) is 17.8. The molecule has 0 saturated heterocycles. The van der Waals surface area contributed by atoms with E-state index in [4.69, 9.17) is 9.15 Å². The molecule has 4 nitrogen and oxygen atoms in total. The standard InChI is InChI=1S/C26H15F5N2O2/c27-17-4-1-3-15(9-17)13-35-24-7-6-16(10-20(24)26(29,30)31)25-19-11-18(23-5-2-8-34-23)21(28)12-22(19)32-14-33-25/h1-12,14H,13H2. The largest absolute Gasteiger partial charge is 0.488 e. The molecule has 0 bridgehead atoms. The van der Waals surface area contributed by atoms with Gasteiger partial charge in [-0.2, -0.15) is 13.2 Å². The molecule has 0 unspecified atom stereocenters. The number of rotatable bonds is 5. The number of furan rings is 1. The number of hydrogen-bond acceptors (Lipinski definition) is 4. The quantitative estimate of drug-likeness (QED) is 0.245. The second-order valence-electron chi connectivity index (χ2n) is 7.68. The Morgan fingerprint density at radius 1 is 0.886 bits per heavy atom. The van der Waals surface area contributed by atoms with Crippen LogP contribution in [0.5, 0.6) is 5.75 Å². The van der Waals surface area contributed by atoms with Crippen molar-refractivity contribution in [1.29, 1.82) is 0 Å². The fourth-order valence-electron chi connectivity index (χ4n) is 3.74. The summed E-state index contributed by atoms with van der Waals surface area (Å²) in [5.41, 5.74) is 0.0419. The summed E-state index contributed by atoms with van der Waals surface area (Å²) in [6.07, 6.45) is -2.19. The number of aromatic nitrogens is 2. The predicted molar refractivity (Wildman–Crippen MR) is 118 cm³/mol. The monoisotopic (exact) mass is 482 g/mol. The van der Waals surface area contributed by atoms with E-state index in [0.29, 0.717) is 10.9 Å². The minimum atomic E-state index is -4.73. The summed E-state index contributed by atoms with van der Waals surface area (Å²) in [4.78, 5) is 8.22. The fraction of sp³-hybridized carbons (Fsp3) is 0.0769. The van der Waals surface area contributed by atoms with Crippen molar-refractivity contribution in [3.63, 3.8) is 0 Å². The third kappa shape index (κ3) is 4.57. The van der Waals surface area contributed by atoms with E-state index in [2.05, 4.69) is 9.97 Å². The molecule has 0 N–H and O–H groups in total. The molecule has 0 radical (unpaired) electrons. The summed E-state index contributed by atoms with van der Waals surface area (Å²) in [7, 11) is 0. The van der Waals surface area contributed by atoms with Gasteiger partial charge >= 0.3 is 6.18 Å². The van der Waals surface area contributed by atoms with Gasteiger partial charge in [0.05, 0.1) is 28.6 Å². The second-order valence-corrected chi connectivity index (χ2v) is 7.68. The molecule has 0 amide bonds. The highest BCUT2D eigenvalue weighted by molar-refractivity contribution is 5.95. The van der Waals surface area contributed by atoms with Crippen molar-refractivity contribution < 1.29 is 31.1 Å². The van der Waals surface area contributed by atoms with E-state index < -0.39 is 29.1 Å². The molecule has 0 aliphatic heterocycles. The lowest BCUT2D eigenvalue weighted by Crippen LogP contribution is -2.09. The molecule has 5 aromatic rings. The number of halogens is 5. The van der Waals surface area contributed by atoms with Crippen molar-refractivity contribution in [2.75, 3.05) is 0 Å². The topological polar surface area (TPSA) is 48.2 Å². The number of benzene rings is 3. The first-order valence-electron chi connectivity index (χ1n) is 10.4. The van der Waals surface area contributed by atoms with Gasteiger partial charge in [0.1, 0.15) is 36.1 Å². The van der Waals surface area contributed by atoms with E-state index in [9.17, 15) is 22.0 Å². The molecule has 0 saturated carbocycles. The van der Waals surface area contributed by atoms with Crippen molar-refractivity contribution in [3.05, 3.63) is 102 Å². The van der Waals surface area contributed by atoms with Gasteiger partial charge in [-0.15, -0.1) is 0 Å². The Hall–Kier alpha value is -4.27. The van der Waals surface area contributed by atoms with Gasteiger partial charge in [0, 0.05) is 17.0 Å². The average molecular weight is 482 g/mol. The third-order valence-electron chi connectivity index (χ3n) is 5.35. The lowest BCUT2D eigenvalue weighted by atomic mass is 10.0. The number of alkyl halides is 3. The summed E-state index contributed by atoms with van der Waals surface area (Å²) in [5.74, 6) is -1.25. The van der Waals surface area contributed by atoms with Crippen molar-refractivity contribution >= 4 is 10.9 Å². The molecule has 0 spiro atoms. The summed E-state index contributed by atoms with van der Waals surface area (Å²) >= 11 is 0. The van der Waals surface area contributed by atoms with Crippen LogP contribution in [0.1, 0.15) is 11.1 Å². The van der Waals surface area contributed by atoms with Crippen LogP contribution in [0.2, 0.25) is 0 Å². The molecule has 0 aliphatic rings. The van der Waals surface area contributed by atoms with Gasteiger partial charge in [0.2, 0.25) is 0 Å². The molecule has 176 valence electrons. The number of fused-ring (bicyclic) bond motifs is 1.